The van der Waals surface area contributed by atoms with Crippen LogP contribution >= 0.6 is 0 Å². The minimum absolute atomic E-state index is 0.136. The number of ether oxygens (including phenoxy) is 2. The van der Waals surface area contributed by atoms with Gasteiger partial charge in [0.05, 0.1) is 5.69 Å². The number of aromatic nitrogens is 1. The van der Waals surface area contributed by atoms with E-state index >= 15 is 0 Å². The van der Waals surface area contributed by atoms with Crippen LogP contribution in [0, 0.1) is 6.92 Å². The summed E-state index contributed by atoms with van der Waals surface area (Å²) in [6.45, 7) is 7.78. The molecule has 3 unspecified atom stereocenters. The topological polar surface area (TPSA) is 43.4 Å². The molecular formula is C14H22N2O2. The SMILES string of the molecule is CCNC1CC(Oc2cccnc2C)C1OCC. The van der Waals surface area contributed by atoms with Crippen LogP contribution in [0.3, 0.4) is 0 Å². The summed E-state index contributed by atoms with van der Waals surface area (Å²) >= 11 is 0. The molecule has 1 aliphatic rings. The number of pyridine rings is 1. The molecule has 0 spiro atoms. The number of aryl methyl sites for hydroxylation is 1. The van der Waals surface area contributed by atoms with Gasteiger partial charge in [0.15, 0.2) is 0 Å². The summed E-state index contributed by atoms with van der Waals surface area (Å²) in [7, 11) is 0. The molecule has 2 rings (SSSR count). The quantitative estimate of drug-likeness (QED) is 0.837. The third kappa shape index (κ3) is 2.82. The van der Waals surface area contributed by atoms with Gasteiger partial charge >= 0.3 is 0 Å². The largest absolute Gasteiger partial charge is 0.486 e. The van der Waals surface area contributed by atoms with E-state index in [2.05, 4.69) is 17.2 Å². The summed E-state index contributed by atoms with van der Waals surface area (Å²) in [5.74, 6) is 0.863. The number of nitrogens with one attached hydrogen (secondary N) is 1. The second-order valence-electron chi connectivity index (χ2n) is 4.56. The molecule has 1 saturated carbocycles. The Morgan fingerprint density at radius 1 is 1.44 bits per heavy atom. The lowest BCUT2D eigenvalue weighted by Gasteiger charge is -2.44. The van der Waals surface area contributed by atoms with Crippen LogP contribution in [-0.2, 0) is 4.74 Å². The maximum absolute atomic E-state index is 6.00. The van der Waals surface area contributed by atoms with Crippen molar-refractivity contribution in [1.82, 2.24) is 10.3 Å². The molecule has 100 valence electrons. The molecule has 0 aliphatic heterocycles. The van der Waals surface area contributed by atoms with Crippen molar-refractivity contribution in [2.45, 2.75) is 45.4 Å². The molecule has 18 heavy (non-hydrogen) atoms. The van der Waals surface area contributed by atoms with Crippen LogP contribution in [0.1, 0.15) is 26.0 Å². The molecule has 0 amide bonds. The summed E-state index contributed by atoms with van der Waals surface area (Å²) < 4.78 is 11.8. The van der Waals surface area contributed by atoms with E-state index < -0.39 is 0 Å². The predicted molar refractivity (Wildman–Crippen MR) is 70.9 cm³/mol. The third-order valence-corrected chi connectivity index (χ3v) is 3.31. The number of rotatable bonds is 6. The van der Waals surface area contributed by atoms with Gasteiger partial charge in [0.2, 0.25) is 0 Å². The van der Waals surface area contributed by atoms with Crippen LogP contribution in [0.5, 0.6) is 5.75 Å². The summed E-state index contributed by atoms with van der Waals surface area (Å²) in [6, 6.07) is 4.28. The van der Waals surface area contributed by atoms with Gasteiger partial charge in [-0.15, -0.1) is 0 Å². The highest BCUT2D eigenvalue weighted by atomic mass is 16.5. The van der Waals surface area contributed by atoms with E-state index in [1.54, 1.807) is 6.20 Å². The average molecular weight is 250 g/mol. The van der Waals surface area contributed by atoms with Gasteiger partial charge in [-0.3, -0.25) is 4.98 Å². The molecule has 3 atom stereocenters. The van der Waals surface area contributed by atoms with Crippen molar-refractivity contribution in [2.75, 3.05) is 13.2 Å². The van der Waals surface area contributed by atoms with E-state index in [4.69, 9.17) is 9.47 Å². The van der Waals surface area contributed by atoms with Crippen LogP contribution in [-0.4, -0.2) is 36.4 Å². The van der Waals surface area contributed by atoms with E-state index in [9.17, 15) is 0 Å². The molecule has 4 heteroatoms. The first kappa shape index (κ1) is 13.3. The third-order valence-electron chi connectivity index (χ3n) is 3.31. The average Bonchev–Trinajstić information content (AvgIpc) is 2.37. The predicted octanol–water partition coefficient (Wildman–Crippen LogP) is 1.92. The van der Waals surface area contributed by atoms with E-state index in [1.807, 2.05) is 26.0 Å². The summed E-state index contributed by atoms with van der Waals surface area (Å²) in [5, 5.41) is 3.43. The second-order valence-corrected chi connectivity index (χ2v) is 4.56. The van der Waals surface area contributed by atoms with Gasteiger partial charge in [-0.25, -0.2) is 0 Å². The molecule has 1 aromatic rings. The molecular weight excluding hydrogens is 228 g/mol. The summed E-state index contributed by atoms with van der Waals surface area (Å²) in [4.78, 5) is 4.24. The molecule has 1 N–H and O–H groups in total. The van der Waals surface area contributed by atoms with Crippen molar-refractivity contribution < 1.29 is 9.47 Å². The molecule has 0 bridgehead atoms. The lowest BCUT2D eigenvalue weighted by Crippen LogP contribution is -2.61. The number of likely N-dealkylation sites (N-methyl/N-ethyl adjacent to an activating group) is 1. The highest BCUT2D eigenvalue weighted by Crippen LogP contribution is 2.29. The lowest BCUT2D eigenvalue weighted by molar-refractivity contribution is -0.104. The Hall–Kier alpha value is -1.13. The normalized spacial score (nSPS) is 26.7. The first-order valence-electron chi connectivity index (χ1n) is 6.69. The van der Waals surface area contributed by atoms with Gasteiger partial charge in [-0.05, 0) is 32.5 Å². The number of nitrogens with zero attached hydrogens (tertiary/aromatic N) is 1. The maximum Gasteiger partial charge on any atom is 0.141 e. The van der Waals surface area contributed by atoms with Crippen LogP contribution in [0.2, 0.25) is 0 Å². The first-order chi connectivity index (χ1) is 8.76. The lowest BCUT2D eigenvalue weighted by atomic mass is 9.85. The Balaban J connectivity index is 1.96. The molecule has 1 aromatic heterocycles. The van der Waals surface area contributed by atoms with Crippen LogP contribution in [0.15, 0.2) is 18.3 Å². The Morgan fingerprint density at radius 3 is 2.94 bits per heavy atom. The van der Waals surface area contributed by atoms with Crippen LogP contribution < -0.4 is 10.1 Å². The van der Waals surface area contributed by atoms with Crippen molar-refractivity contribution in [3.8, 4) is 5.75 Å². The minimum atomic E-state index is 0.136. The Morgan fingerprint density at radius 2 is 2.28 bits per heavy atom. The van der Waals surface area contributed by atoms with Gasteiger partial charge in [0.25, 0.3) is 0 Å². The molecule has 0 aromatic carbocycles. The van der Waals surface area contributed by atoms with Gasteiger partial charge in [0, 0.05) is 25.3 Å². The summed E-state index contributed by atoms with van der Waals surface area (Å²) in [6.07, 6.45) is 3.06. The Kier molecular flexibility index (Phi) is 4.55. The Bertz CT molecular complexity index is 384. The van der Waals surface area contributed by atoms with Crippen molar-refractivity contribution in [1.29, 1.82) is 0 Å². The zero-order chi connectivity index (χ0) is 13.0. The van der Waals surface area contributed by atoms with Gasteiger partial charge in [0.1, 0.15) is 18.0 Å². The first-order valence-corrected chi connectivity index (χ1v) is 6.69. The van der Waals surface area contributed by atoms with Gasteiger partial charge in [-0.2, -0.15) is 0 Å². The highest BCUT2D eigenvalue weighted by molar-refractivity contribution is 5.26. The fourth-order valence-corrected chi connectivity index (χ4v) is 2.33. The smallest absolute Gasteiger partial charge is 0.141 e. The molecule has 1 aliphatic carbocycles. The van der Waals surface area contributed by atoms with Crippen molar-refractivity contribution in [3.63, 3.8) is 0 Å². The monoisotopic (exact) mass is 250 g/mol. The zero-order valence-electron chi connectivity index (χ0n) is 11.3. The molecule has 4 nitrogen and oxygen atoms in total. The Labute approximate surface area is 109 Å². The maximum atomic E-state index is 6.00. The second kappa shape index (κ2) is 6.16. The number of hydrogen-bond donors (Lipinski definition) is 1. The van der Waals surface area contributed by atoms with Crippen molar-refractivity contribution in [3.05, 3.63) is 24.0 Å². The van der Waals surface area contributed by atoms with Gasteiger partial charge in [-0.1, -0.05) is 6.92 Å². The molecule has 0 saturated heterocycles. The summed E-state index contributed by atoms with van der Waals surface area (Å²) in [5.41, 5.74) is 0.930. The van der Waals surface area contributed by atoms with Crippen molar-refractivity contribution >= 4 is 0 Å². The van der Waals surface area contributed by atoms with E-state index in [0.717, 1.165) is 31.0 Å². The van der Waals surface area contributed by atoms with E-state index in [-0.39, 0.29) is 12.2 Å². The molecule has 1 fully saturated rings. The molecule has 1 heterocycles. The van der Waals surface area contributed by atoms with E-state index in [0.29, 0.717) is 6.04 Å². The highest BCUT2D eigenvalue weighted by Gasteiger charge is 2.43. The fraction of sp³-hybridized carbons (Fsp3) is 0.643. The van der Waals surface area contributed by atoms with Crippen molar-refractivity contribution in [2.24, 2.45) is 0 Å². The zero-order valence-corrected chi connectivity index (χ0v) is 11.3. The standard InChI is InChI=1S/C14H22N2O2/c1-4-15-11-9-13(14(11)17-5-2)18-12-7-6-8-16-10(12)3/h6-8,11,13-15H,4-5,9H2,1-3H3. The van der Waals surface area contributed by atoms with E-state index in [1.165, 1.54) is 0 Å². The minimum Gasteiger partial charge on any atom is -0.486 e. The fourth-order valence-electron chi connectivity index (χ4n) is 2.33. The van der Waals surface area contributed by atoms with Gasteiger partial charge < -0.3 is 14.8 Å². The molecule has 0 radical (unpaired) electrons. The van der Waals surface area contributed by atoms with Crippen LogP contribution in [0.25, 0.3) is 0 Å². The number of hydrogen-bond acceptors (Lipinski definition) is 4. The van der Waals surface area contributed by atoms with Crippen LogP contribution in [0.4, 0.5) is 0 Å².